The van der Waals surface area contributed by atoms with E-state index in [9.17, 15) is 35.4 Å². The fraction of sp³-hybridized carbons (Fsp3) is 0.906. The molecule has 41 heavy (non-hydrogen) atoms. The van der Waals surface area contributed by atoms with Gasteiger partial charge in [0.15, 0.2) is 0 Å². The summed E-state index contributed by atoms with van der Waals surface area (Å²) in [4.78, 5) is 11.7. The molecular weight excluding hydrogens is 526 g/mol. The smallest absolute Gasteiger partial charge is 0.320 e. The van der Waals surface area contributed by atoms with E-state index in [2.05, 4.69) is 32.2 Å². The van der Waals surface area contributed by atoms with Crippen LogP contribution < -0.4 is 5.32 Å². The van der Waals surface area contributed by atoms with Crippen LogP contribution in [0, 0.1) is 45.3 Å². The van der Waals surface area contributed by atoms with Crippen LogP contribution in [-0.2, 0) is 4.79 Å². The van der Waals surface area contributed by atoms with Gasteiger partial charge in [-0.3, -0.25) is 4.79 Å². The molecule has 0 aromatic heterocycles. The van der Waals surface area contributed by atoms with Gasteiger partial charge in [-0.05, 0) is 92.3 Å². The number of carbonyl (C=O) groups is 1. The molecule has 0 aliphatic heterocycles. The van der Waals surface area contributed by atoms with E-state index >= 15 is 0 Å². The molecule has 0 heterocycles. The normalized spacial score (nSPS) is 48.2. The summed E-state index contributed by atoms with van der Waals surface area (Å²) in [6.45, 7) is 12.2. The summed E-state index contributed by atoms with van der Waals surface area (Å²) in [6, 6.07) is -1.06. The Morgan fingerprint density at radius 1 is 1.22 bits per heavy atom. The van der Waals surface area contributed by atoms with Crippen molar-refractivity contribution >= 4 is 5.97 Å². The second-order valence-electron chi connectivity index (χ2n) is 14.8. The third-order valence-electron chi connectivity index (χ3n) is 13.2. The molecule has 14 atom stereocenters. The first-order chi connectivity index (χ1) is 19.1. The average Bonchev–Trinajstić information content (AvgIpc) is 2.91. The fourth-order valence-electron chi connectivity index (χ4n) is 10.2. The number of carboxylic acid groups (broad SMARTS) is 1. The molecule has 4 aliphatic rings. The molecule has 4 aliphatic carbocycles. The van der Waals surface area contributed by atoms with Crippen molar-refractivity contribution in [2.24, 2.45) is 45.3 Å². The summed E-state index contributed by atoms with van der Waals surface area (Å²) in [5.74, 6) is -1.49. The number of aliphatic carboxylic acids is 1. The van der Waals surface area contributed by atoms with Crippen molar-refractivity contribution in [3.63, 3.8) is 0 Å². The number of rotatable bonds is 9. The van der Waals surface area contributed by atoms with Gasteiger partial charge in [-0.2, -0.15) is 0 Å². The Bertz CT molecular complexity index is 1010. The molecule has 0 spiro atoms. The minimum atomic E-state index is -1.47. The minimum Gasteiger partial charge on any atom is -0.480 e. The molecule has 4 rings (SSSR count). The molecule has 6 unspecified atom stereocenters. The van der Waals surface area contributed by atoms with Crippen LogP contribution in [0.4, 0.5) is 0 Å². The van der Waals surface area contributed by atoms with Gasteiger partial charge in [0.05, 0.1) is 24.4 Å². The molecule has 9 N–H and O–H groups in total. The number of aliphatic hydroxyl groups is 5. The van der Waals surface area contributed by atoms with E-state index in [0.717, 1.165) is 31.3 Å². The van der Waals surface area contributed by atoms with Gasteiger partial charge >= 0.3 is 5.97 Å². The van der Waals surface area contributed by atoms with Gasteiger partial charge in [0.2, 0.25) is 6.23 Å². The Morgan fingerprint density at radius 3 is 2.46 bits per heavy atom. The van der Waals surface area contributed by atoms with Crippen LogP contribution in [0.1, 0.15) is 92.9 Å². The minimum absolute atomic E-state index is 0.0997. The monoisotopic (exact) mass is 582 g/mol. The Balaban J connectivity index is 1.83. The van der Waals surface area contributed by atoms with Crippen LogP contribution in [0.3, 0.4) is 0 Å². The van der Waals surface area contributed by atoms with E-state index in [0.29, 0.717) is 19.3 Å². The van der Waals surface area contributed by atoms with Crippen LogP contribution in [0.25, 0.3) is 0 Å². The zero-order valence-electron chi connectivity index (χ0n) is 25.8. The van der Waals surface area contributed by atoms with Crippen LogP contribution in [0.15, 0.2) is 11.6 Å². The summed E-state index contributed by atoms with van der Waals surface area (Å²) in [6.07, 6.45) is 2.28. The highest BCUT2D eigenvalue weighted by molar-refractivity contribution is 5.72. The molecular formula is C32H56NO8+. The van der Waals surface area contributed by atoms with E-state index in [1.54, 1.807) is 0 Å². The van der Waals surface area contributed by atoms with Crippen molar-refractivity contribution < 1.29 is 40.5 Å². The Kier molecular flexibility index (Phi) is 9.17. The van der Waals surface area contributed by atoms with E-state index in [-0.39, 0.29) is 47.7 Å². The van der Waals surface area contributed by atoms with E-state index in [1.807, 2.05) is 13.8 Å². The molecule has 9 heteroatoms. The van der Waals surface area contributed by atoms with Crippen molar-refractivity contribution in [2.45, 2.75) is 130 Å². The molecule has 3 saturated carbocycles. The highest BCUT2D eigenvalue weighted by atomic mass is 16.4. The lowest BCUT2D eigenvalue weighted by molar-refractivity contribution is -0.263. The molecule has 236 valence electrons. The summed E-state index contributed by atoms with van der Waals surface area (Å²) < 4.78 is 0. The molecule has 0 aromatic rings. The third-order valence-corrected chi connectivity index (χ3v) is 13.2. The molecule has 0 amide bonds. The Morgan fingerprint density at radius 2 is 1.88 bits per heavy atom. The molecule has 0 aromatic carbocycles. The lowest BCUT2D eigenvalue weighted by Gasteiger charge is -2.70. The maximum Gasteiger partial charge on any atom is 0.320 e. The first-order valence-corrected chi connectivity index (χ1v) is 15.8. The van der Waals surface area contributed by atoms with Gasteiger partial charge in [-0.15, -0.1) is 0 Å². The van der Waals surface area contributed by atoms with Crippen molar-refractivity contribution in [2.75, 3.05) is 6.61 Å². The van der Waals surface area contributed by atoms with Crippen molar-refractivity contribution in [3.8, 4) is 0 Å². The molecule has 0 bridgehead atoms. The van der Waals surface area contributed by atoms with Crippen LogP contribution in [0.2, 0.25) is 0 Å². The maximum atomic E-state index is 12.1. The first-order valence-electron chi connectivity index (χ1n) is 15.8. The highest BCUT2D eigenvalue weighted by Crippen LogP contribution is 2.73. The standard InChI is InChI=1S/C32H55NO8/c1-7-20(35)11-12-29(4)19(16-34)10-13-30(5)23(29)9-8-21-22-14-17(2)25(37)26(38)32(22,24(36)15-31(21,30)6)28(41)33-18(3)27(39)40/h8,17-20,22-26,28,33-38,41H,7,9-16H2,1-6H3,(H,39,40)/p+1/t17?,18-,19?,20+,22?,23?,24+,25?,26-,28?,29-,30+,31+,32+/m0/s1. The Hall–Kier alpha value is -1.07. The van der Waals surface area contributed by atoms with Gasteiger partial charge in [-0.25, -0.2) is 5.32 Å². The third kappa shape index (κ3) is 4.73. The predicted molar refractivity (Wildman–Crippen MR) is 156 cm³/mol. The quantitative estimate of drug-likeness (QED) is 0.123. The SMILES string of the molecule is CC[C@@H](O)CC[C@@]1(C)C(CO)CC[C@]2(C)C1CC=C1C3CC(C)C(O)[C@H](O)[C@]3(C([OH2+])N[C@@H](C)C(=O)O)[C@H](O)C[C@]12C. The topological polar surface area (TPSA) is 173 Å². The number of hydrogen-bond donors (Lipinski definition) is 7. The molecule has 0 saturated heterocycles. The predicted octanol–water partition coefficient (Wildman–Crippen LogP) is 2.15. The second-order valence-corrected chi connectivity index (χ2v) is 14.8. The number of allylic oxidation sites excluding steroid dienone is 2. The summed E-state index contributed by atoms with van der Waals surface area (Å²) in [7, 11) is 0. The Labute approximate surface area is 245 Å². The highest BCUT2D eigenvalue weighted by Gasteiger charge is 2.73. The molecule has 9 nitrogen and oxygen atoms in total. The van der Waals surface area contributed by atoms with Gasteiger partial charge in [0.1, 0.15) is 11.5 Å². The van der Waals surface area contributed by atoms with Crippen LogP contribution in [-0.4, -0.2) is 85.0 Å². The average molecular weight is 583 g/mol. The first kappa shape index (κ1) is 32.8. The summed E-state index contributed by atoms with van der Waals surface area (Å²) >= 11 is 0. The lowest BCUT2D eigenvalue weighted by atomic mass is 9.35. The second kappa shape index (κ2) is 11.5. The van der Waals surface area contributed by atoms with Crippen molar-refractivity contribution in [1.82, 2.24) is 5.32 Å². The van der Waals surface area contributed by atoms with Crippen molar-refractivity contribution in [1.29, 1.82) is 0 Å². The van der Waals surface area contributed by atoms with Gasteiger partial charge in [0.25, 0.3) is 0 Å². The van der Waals surface area contributed by atoms with Gasteiger partial charge in [0, 0.05) is 12.5 Å². The van der Waals surface area contributed by atoms with Gasteiger partial charge in [-0.1, -0.05) is 46.3 Å². The number of nitrogens with one attached hydrogen (secondary N) is 1. The number of hydrogen-bond acceptors (Lipinski definition) is 7. The van der Waals surface area contributed by atoms with E-state index < -0.39 is 53.3 Å². The maximum absolute atomic E-state index is 12.1. The molecule has 3 fully saturated rings. The molecule has 0 radical (unpaired) electrons. The van der Waals surface area contributed by atoms with E-state index in [1.165, 1.54) is 6.92 Å². The summed E-state index contributed by atoms with van der Waals surface area (Å²) in [5.41, 5.74) is -1.28. The number of carboxylic acids is 1. The number of fused-ring (bicyclic) bond motifs is 5. The largest absolute Gasteiger partial charge is 0.480 e. The van der Waals surface area contributed by atoms with Crippen molar-refractivity contribution in [3.05, 3.63) is 11.6 Å². The van der Waals surface area contributed by atoms with Crippen LogP contribution in [0.5, 0.6) is 0 Å². The zero-order chi connectivity index (χ0) is 30.7. The summed E-state index contributed by atoms with van der Waals surface area (Å²) in [5, 5.41) is 77.3. The van der Waals surface area contributed by atoms with Gasteiger partial charge < -0.3 is 35.7 Å². The fourth-order valence-corrected chi connectivity index (χ4v) is 10.2. The van der Waals surface area contributed by atoms with Crippen LogP contribution >= 0.6 is 0 Å². The van der Waals surface area contributed by atoms with E-state index in [4.69, 9.17) is 5.11 Å². The number of aliphatic hydroxyl groups excluding tert-OH is 5. The zero-order valence-corrected chi connectivity index (χ0v) is 25.8. The lowest BCUT2D eigenvalue weighted by Crippen LogP contribution is -2.74.